The molecule has 0 amide bonds. The summed E-state index contributed by atoms with van der Waals surface area (Å²) in [6, 6.07) is 6.05. The lowest BCUT2D eigenvalue weighted by molar-refractivity contribution is -0.0394. The molecule has 6 nitrogen and oxygen atoms in total. The van der Waals surface area contributed by atoms with Gasteiger partial charge in [-0.3, -0.25) is 4.98 Å². The summed E-state index contributed by atoms with van der Waals surface area (Å²) < 4.78 is 14.0. The van der Waals surface area contributed by atoms with Gasteiger partial charge < -0.3 is 9.47 Å². The molecule has 0 saturated carbocycles. The molecule has 2 aromatic heterocycles. The molecule has 0 spiro atoms. The maximum Gasteiger partial charge on any atom is 0.150 e. The largest absolute Gasteiger partial charge is 0.496 e. The zero-order chi connectivity index (χ0) is 17.9. The first-order valence-electron chi connectivity index (χ1n) is 8.56. The Bertz CT molecular complexity index is 889. The average molecular weight is 415 g/mol. The molecule has 1 aliphatic rings. The number of hydrogen-bond donors (Lipinski definition) is 0. The summed E-state index contributed by atoms with van der Waals surface area (Å²) in [5.41, 5.74) is 3.74. The third-order valence-corrected chi connectivity index (χ3v) is 4.89. The highest BCUT2D eigenvalue weighted by Gasteiger charge is 2.17. The molecule has 1 atom stereocenters. The van der Waals surface area contributed by atoms with Crippen LogP contribution in [0, 0.1) is 0 Å². The average Bonchev–Trinajstić information content (AvgIpc) is 3.19. The van der Waals surface area contributed by atoms with E-state index in [0.717, 1.165) is 47.6 Å². The molecule has 7 heteroatoms. The van der Waals surface area contributed by atoms with E-state index in [-0.39, 0.29) is 6.23 Å². The van der Waals surface area contributed by atoms with Gasteiger partial charge in [0, 0.05) is 23.9 Å². The number of aromatic nitrogens is 4. The van der Waals surface area contributed by atoms with Crippen LogP contribution in [0.1, 0.15) is 25.5 Å². The molecule has 26 heavy (non-hydrogen) atoms. The van der Waals surface area contributed by atoms with Crippen LogP contribution >= 0.6 is 15.9 Å². The standard InChI is InChI=1S/C19H19BrN4O2/c1-25-17-8-13(5-6-15(17)16-10-22-18(20)11-21-16)14-9-23-24(12-14)19-4-2-3-7-26-19/h5-6,8-12,19H,2-4,7H2,1H3. The summed E-state index contributed by atoms with van der Waals surface area (Å²) in [6.45, 7) is 0.802. The first-order chi connectivity index (χ1) is 12.7. The van der Waals surface area contributed by atoms with Crippen LogP contribution in [0.15, 0.2) is 47.6 Å². The van der Waals surface area contributed by atoms with Gasteiger partial charge in [-0.05, 0) is 52.9 Å². The van der Waals surface area contributed by atoms with Crippen LogP contribution in [-0.4, -0.2) is 33.5 Å². The first-order valence-corrected chi connectivity index (χ1v) is 9.36. The van der Waals surface area contributed by atoms with E-state index in [1.54, 1.807) is 19.5 Å². The van der Waals surface area contributed by atoms with Crippen molar-refractivity contribution in [3.05, 3.63) is 47.6 Å². The van der Waals surface area contributed by atoms with Gasteiger partial charge >= 0.3 is 0 Å². The van der Waals surface area contributed by atoms with Crippen molar-refractivity contribution < 1.29 is 9.47 Å². The number of hydrogen-bond acceptors (Lipinski definition) is 5. The molecule has 0 radical (unpaired) electrons. The fraction of sp³-hybridized carbons (Fsp3) is 0.316. The molecule has 1 aliphatic heterocycles. The minimum absolute atomic E-state index is 0.0386. The van der Waals surface area contributed by atoms with E-state index in [0.29, 0.717) is 4.60 Å². The zero-order valence-corrected chi connectivity index (χ0v) is 16.0. The lowest BCUT2D eigenvalue weighted by atomic mass is 10.0. The number of rotatable bonds is 4. The Morgan fingerprint density at radius 1 is 1.15 bits per heavy atom. The van der Waals surface area contributed by atoms with Crippen molar-refractivity contribution in [2.45, 2.75) is 25.5 Å². The normalized spacial score (nSPS) is 17.2. The third kappa shape index (κ3) is 3.50. The lowest BCUT2D eigenvalue weighted by Crippen LogP contribution is -2.18. The van der Waals surface area contributed by atoms with Gasteiger partial charge in [0.05, 0.1) is 31.4 Å². The van der Waals surface area contributed by atoms with E-state index in [9.17, 15) is 0 Å². The topological polar surface area (TPSA) is 62.1 Å². The summed E-state index contributed by atoms with van der Waals surface area (Å²) in [7, 11) is 1.66. The zero-order valence-electron chi connectivity index (χ0n) is 14.4. The third-order valence-electron chi connectivity index (χ3n) is 4.48. The highest BCUT2D eigenvalue weighted by Crippen LogP contribution is 2.33. The van der Waals surface area contributed by atoms with Gasteiger partial charge in [0.1, 0.15) is 16.6 Å². The Labute approximate surface area is 160 Å². The molecule has 0 N–H and O–H groups in total. The second kappa shape index (κ2) is 7.55. The molecule has 134 valence electrons. The maximum absolute atomic E-state index is 5.80. The van der Waals surface area contributed by atoms with E-state index >= 15 is 0 Å². The minimum atomic E-state index is 0.0386. The molecule has 3 heterocycles. The summed E-state index contributed by atoms with van der Waals surface area (Å²) in [4.78, 5) is 8.64. The predicted octanol–water partition coefficient (Wildman–Crippen LogP) is 4.48. The smallest absolute Gasteiger partial charge is 0.150 e. The number of ether oxygens (including phenoxy) is 2. The molecule has 0 bridgehead atoms. The molecular formula is C19H19BrN4O2. The minimum Gasteiger partial charge on any atom is -0.496 e. The van der Waals surface area contributed by atoms with Gasteiger partial charge in [0.2, 0.25) is 0 Å². The van der Waals surface area contributed by atoms with Gasteiger partial charge in [-0.1, -0.05) is 6.07 Å². The number of benzene rings is 1. The first kappa shape index (κ1) is 17.2. The highest BCUT2D eigenvalue weighted by atomic mass is 79.9. The van der Waals surface area contributed by atoms with Crippen molar-refractivity contribution in [1.82, 2.24) is 19.7 Å². The van der Waals surface area contributed by atoms with Gasteiger partial charge in [-0.25, -0.2) is 9.67 Å². The Kier molecular flexibility index (Phi) is 4.99. The lowest BCUT2D eigenvalue weighted by Gasteiger charge is -2.22. The quantitative estimate of drug-likeness (QED) is 0.629. The van der Waals surface area contributed by atoms with Gasteiger partial charge in [-0.15, -0.1) is 0 Å². The van der Waals surface area contributed by atoms with Gasteiger partial charge in [0.25, 0.3) is 0 Å². The fourth-order valence-electron chi connectivity index (χ4n) is 3.11. The Balaban J connectivity index is 1.63. The molecule has 0 aliphatic carbocycles. The number of methoxy groups -OCH3 is 1. The molecule has 1 unspecified atom stereocenters. The molecule has 3 aromatic rings. The van der Waals surface area contributed by atoms with Crippen LogP contribution in [0.2, 0.25) is 0 Å². The van der Waals surface area contributed by atoms with E-state index in [1.807, 2.05) is 35.3 Å². The van der Waals surface area contributed by atoms with Crippen molar-refractivity contribution in [3.63, 3.8) is 0 Å². The van der Waals surface area contributed by atoms with E-state index in [1.165, 1.54) is 6.42 Å². The second-order valence-electron chi connectivity index (χ2n) is 6.17. The van der Waals surface area contributed by atoms with Crippen molar-refractivity contribution >= 4 is 15.9 Å². The monoisotopic (exact) mass is 414 g/mol. The number of halogens is 1. The van der Waals surface area contributed by atoms with Crippen LogP contribution in [0.3, 0.4) is 0 Å². The second-order valence-corrected chi connectivity index (χ2v) is 6.98. The van der Waals surface area contributed by atoms with Gasteiger partial charge in [-0.2, -0.15) is 5.10 Å². The van der Waals surface area contributed by atoms with Gasteiger partial charge in [0.15, 0.2) is 0 Å². The van der Waals surface area contributed by atoms with Crippen molar-refractivity contribution in [3.8, 4) is 28.1 Å². The van der Waals surface area contributed by atoms with Crippen molar-refractivity contribution in [1.29, 1.82) is 0 Å². The van der Waals surface area contributed by atoms with E-state index < -0.39 is 0 Å². The summed E-state index contributed by atoms with van der Waals surface area (Å²) in [5, 5.41) is 4.49. The number of nitrogens with zero attached hydrogens (tertiary/aromatic N) is 4. The summed E-state index contributed by atoms with van der Waals surface area (Å²) >= 11 is 3.31. The molecular weight excluding hydrogens is 396 g/mol. The van der Waals surface area contributed by atoms with Crippen LogP contribution in [0.5, 0.6) is 5.75 Å². The van der Waals surface area contributed by atoms with Crippen molar-refractivity contribution in [2.24, 2.45) is 0 Å². The Morgan fingerprint density at radius 3 is 2.81 bits per heavy atom. The van der Waals surface area contributed by atoms with E-state index in [4.69, 9.17) is 9.47 Å². The van der Waals surface area contributed by atoms with Crippen LogP contribution in [0.25, 0.3) is 22.4 Å². The molecule has 1 saturated heterocycles. The molecule has 4 rings (SSSR count). The molecule has 1 aromatic carbocycles. The SMILES string of the molecule is COc1cc(-c2cnn(C3CCCCO3)c2)ccc1-c1cnc(Br)cn1. The van der Waals surface area contributed by atoms with Crippen molar-refractivity contribution in [2.75, 3.05) is 13.7 Å². The highest BCUT2D eigenvalue weighted by molar-refractivity contribution is 9.10. The van der Waals surface area contributed by atoms with Crippen LogP contribution in [0.4, 0.5) is 0 Å². The Morgan fingerprint density at radius 2 is 2.08 bits per heavy atom. The predicted molar refractivity (Wildman–Crippen MR) is 102 cm³/mol. The van der Waals surface area contributed by atoms with Crippen LogP contribution < -0.4 is 4.74 Å². The summed E-state index contributed by atoms with van der Waals surface area (Å²) in [5.74, 6) is 0.751. The van der Waals surface area contributed by atoms with Crippen LogP contribution in [-0.2, 0) is 4.74 Å². The summed E-state index contributed by atoms with van der Waals surface area (Å²) in [6.07, 6.45) is 10.6. The maximum atomic E-state index is 5.80. The Hall–Kier alpha value is -2.25. The van der Waals surface area contributed by atoms with E-state index in [2.05, 4.69) is 31.0 Å². The fourth-order valence-corrected chi connectivity index (χ4v) is 3.32. The molecule has 1 fully saturated rings.